The van der Waals surface area contributed by atoms with Crippen LogP contribution < -0.4 is 21.5 Å². The second-order valence-electron chi connectivity index (χ2n) is 7.81. The topological polar surface area (TPSA) is 133 Å². The van der Waals surface area contributed by atoms with E-state index in [9.17, 15) is 9.59 Å². The number of pyridine rings is 2. The number of anilines is 2. The number of primary amides is 2. The van der Waals surface area contributed by atoms with Crippen molar-refractivity contribution in [3.05, 3.63) is 82.4 Å². The van der Waals surface area contributed by atoms with E-state index in [1.165, 1.54) is 12.4 Å². The van der Waals surface area contributed by atoms with E-state index in [-0.39, 0.29) is 18.4 Å². The summed E-state index contributed by atoms with van der Waals surface area (Å²) in [7, 11) is 1.57. The first-order valence-electron chi connectivity index (χ1n) is 10.1. The molecule has 0 fully saturated rings. The maximum Gasteiger partial charge on any atom is 0.252 e. The van der Waals surface area contributed by atoms with Crippen LogP contribution in [0.25, 0.3) is 6.08 Å². The van der Waals surface area contributed by atoms with Crippen LogP contribution in [0.3, 0.4) is 0 Å². The van der Waals surface area contributed by atoms with Crippen molar-refractivity contribution in [1.82, 2.24) is 9.97 Å². The summed E-state index contributed by atoms with van der Waals surface area (Å²) in [4.78, 5) is 33.6. The molecule has 8 nitrogen and oxygen atoms in total. The second-order valence-corrected chi connectivity index (χ2v) is 8.24. The van der Waals surface area contributed by atoms with Crippen LogP contribution in [-0.4, -0.2) is 28.9 Å². The largest absolute Gasteiger partial charge is 0.497 e. The van der Waals surface area contributed by atoms with Gasteiger partial charge in [0.15, 0.2) is 0 Å². The summed E-state index contributed by atoms with van der Waals surface area (Å²) in [5.74, 6) is -0.518. The van der Waals surface area contributed by atoms with Crippen LogP contribution in [0, 0.1) is 5.41 Å². The average Bonchev–Trinajstić information content (AvgIpc) is 2.80. The highest BCUT2D eigenvalue weighted by molar-refractivity contribution is 6.30. The van der Waals surface area contributed by atoms with Gasteiger partial charge in [0.1, 0.15) is 5.75 Å². The van der Waals surface area contributed by atoms with Crippen molar-refractivity contribution in [2.75, 3.05) is 12.4 Å². The number of ether oxygens (including phenoxy) is 1. The van der Waals surface area contributed by atoms with Gasteiger partial charge in [-0.05, 0) is 36.8 Å². The van der Waals surface area contributed by atoms with Crippen LogP contribution in [0.15, 0.2) is 54.9 Å². The van der Waals surface area contributed by atoms with E-state index in [1.54, 1.807) is 37.5 Å². The smallest absolute Gasteiger partial charge is 0.252 e. The normalized spacial score (nSPS) is 16.7. The Morgan fingerprint density at radius 1 is 1.18 bits per heavy atom. The number of nitrogens with one attached hydrogen (secondary N) is 1. The number of carbonyl (C=O) groups is 2. The molecule has 168 valence electrons. The lowest BCUT2D eigenvalue weighted by molar-refractivity contribution is -0.125. The van der Waals surface area contributed by atoms with Crippen LogP contribution in [0.4, 0.5) is 11.4 Å². The Balaban J connectivity index is 1.79. The first kappa shape index (κ1) is 22.3. The van der Waals surface area contributed by atoms with Crippen molar-refractivity contribution in [3.8, 4) is 5.75 Å². The molecule has 1 aromatic carbocycles. The molecule has 1 aliphatic rings. The van der Waals surface area contributed by atoms with Gasteiger partial charge in [-0.25, -0.2) is 0 Å². The molecule has 1 atom stereocenters. The lowest BCUT2D eigenvalue weighted by Crippen LogP contribution is -2.41. The molecule has 1 unspecified atom stereocenters. The minimum atomic E-state index is -1.07. The number of amides is 2. The van der Waals surface area contributed by atoms with E-state index in [1.807, 2.05) is 18.2 Å². The predicted octanol–water partition coefficient (Wildman–Crippen LogP) is 3.26. The molecule has 0 spiro atoms. The van der Waals surface area contributed by atoms with E-state index in [0.29, 0.717) is 39.1 Å². The molecule has 2 heterocycles. The van der Waals surface area contributed by atoms with Crippen LogP contribution >= 0.6 is 11.6 Å². The molecule has 5 N–H and O–H groups in total. The molecular formula is C24H22ClN5O3. The highest BCUT2D eigenvalue weighted by atomic mass is 35.5. The number of aromatic nitrogens is 2. The van der Waals surface area contributed by atoms with Gasteiger partial charge in [0, 0.05) is 41.8 Å². The highest BCUT2D eigenvalue weighted by Crippen LogP contribution is 2.40. The summed E-state index contributed by atoms with van der Waals surface area (Å²) in [5, 5.41) is 3.76. The fourth-order valence-corrected chi connectivity index (χ4v) is 4.00. The minimum Gasteiger partial charge on any atom is -0.497 e. The third kappa shape index (κ3) is 4.51. The van der Waals surface area contributed by atoms with E-state index in [0.717, 1.165) is 0 Å². The summed E-state index contributed by atoms with van der Waals surface area (Å²) in [6, 6.07) is 10.7. The van der Waals surface area contributed by atoms with Crippen LogP contribution in [0.5, 0.6) is 5.75 Å². The van der Waals surface area contributed by atoms with Crippen molar-refractivity contribution < 1.29 is 14.3 Å². The first-order valence-corrected chi connectivity index (χ1v) is 10.5. The third-order valence-corrected chi connectivity index (χ3v) is 5.87. The van der Waals surface area contributed by atoms with Gasteiger partial charge in [-0.2, -0.15) is 0 Å². The standard InChI is InChI=1S/C24H22ClN5O3/c1-33-17-4-2-3-15(9-17)30-21-18-11-24(23(27)32,10-16-6-5-14(25)12-28-16)8-7-20(18)29-13-19(21)22(26)31/h2-9,12-13H,10-11H2,1H3,(H2,26,31)(H2,27,32)(H,29,30). The summed E-state index contributed by atoms with van der Waals surface area (Å²) >= 11 is 5.95. The predicted molar refractivity (Wildman–Crippen MR) is 126 cm³/mol. The van der Waals surface area contributed by atoms with Gasteiger partial charge in [0.2, 0.25) is 5.91 Å². The molecule has 4 rings (SSSR count). The Morgan fingerprint density at radius 2 is 2.00 bits per heavy atom. The van der Waals surface area contributed by atoms with Gasteiger partial charge in [-0.3, -0.25) is 19.6 Å². The van der Waals surface area contributed by atoms with Crippen LogP contribution in [-0.2, 0) is 17.6 Å². The molecule has 0 saturated heterocycles. The van der Waals surface area contributed by atoms with Crippen molar-refractivity contribution in [2.45, 2.75) is 12.8 Å². The number of hydrogen-bond donors (Lipinski definition) is 3. The molecule has 9 heteroatoms. The maximum absolute atomic E-state index is 12.7. The van der Waals surface area contributed by atoms with E-state index in [2.05, 4.69) is 15.3 Å². The van der Waals surface area contributed by atoms with E-state index in [4.69, 9.17) is 27.8 Å². The Kier molecular flexibility index (Phi) is 6.02. The third-order valence-electron chi connectivity index (χ3n) is 5.65. The lowest BCUT2D eigenvalue weighted by atomic mass is 9.73. The van der Waals surface area contributed by atoms with Crippen molar-refractivity contribution in [1.29, 1.82) is 0 Å². The van der Waals surface area contributed by atoms with Gasteiger partial charge in [0.05, 0.1) is 34.5 Å². The van der Waals surface area contributed by atoms with Gasteiger partial charge in [-0.1, -0.05) is 23.7 Å². The highest BCUT2D eigenvalue weighted by Gasteiger charge is 2.39. The van der Waals surface area contributed by atoms with Gasteiger partial charge in [-0.15, -0.1) is 0 Å². The lowest BCUT2D eigenvalue weighted by Gasteiger charge is -2.32. The SMILES string of the molecule is COc1cccc(Nc2c(C(N)=O)cnc3c2CC(Cc2ccc(Cl)cn2)(C(N)=O)C=C3)c1. The zero-order valence-electron chi connectivity index (χ0n) is 17.8. The molecule has 2 aromatic heterocycles. The fourth-order valence-electron chi connectivity index (χ4n) is 3.89. The fraction of sp³-hybridized carbons (Fsp3) is 0.167. The Morgan fingerprint density at radius 3 is 2.67 bits per heavy atom. The van der Waals surface area contributed by atoms with Gasteiger partial charge >= 0.3 is 0 Å². The molecule has 3 aromatic rings. The number of rotatable bonds is 7. The van der Waals surface area contributed by atoms with Crippen LogP contribution in [0.2, 0.25) is 5.02 Å². The van der Waals surface area contributed by atoms with Crippen LogP contribution in [0.1, 0.15) is 27.3 Å². The number of hydrogen-bond acceptors (Lipinski definition) is 6. The zero-order valence-corrected chi connectivity index (χ0v) is 18.6. The molecule has 0 saturated carbocycles. The summed E-state index contributed by atoms with van der Waals surface area (Å²) < 4.78 is 5.29. The molecule has 1 aliphatic carbocycles. The Labute approximate surface area is 195 Å². The number of nitrogens with zero attached hydrogens (tertiary/aromatic N) is 2. The number of methoxy groups -OCH3 is 1. The molecule has 2 amide bonds. The quantitative estimate of drug-likeness (QED) is 0.492. The van der Waals surface area contributed by atoms with Gasteiger partial charge < -0.3 is 21.5 Å². The van der Waals surface area contributed by atoms with Crippen molar-refractivity contribution in [3.63, 3.8) is 0 Å². The average molecular weight is 464 g/mol. The molecule has 0 aliphatic heterocycles. The molecule has 33 heavy (non-hydrogen) atoms. The van der Waals surface area contributed by atoms with E-state index >= 15 is 0 Å². The van der Waals surface area contributed by atoms with E-state index < -0.39 is 17.2 Å². The molecule has 0 radical (unpaired) electrons. The minimum absolute atomic E-state index is 0.204. The van der Waals surface area contributed by atoms with Crippen molar-refractivity contribution in [2.24, 2.45) is 16.9 Å². The second kappa shape index (κ2) is 8.91. The van der Waals surface area contributed by atoms with Gasteiger partial charge in [0.25, 0.3) is 5.91 Å². The maximum atomic E-state index is 12.7. The summed E-state index contributed by atoms with van der Waals surface area (Å²) in [5.41, 5.74) is 13.7. The number of fused-ring (bicyclic) bond motifs is 1. The number of benzene rings is 1. The first-order chi connectivity index (χ1) is 15.8. The monoisotopic (exact) mass is 463 g/mol. The van der Waals surface area contributed by atoms with Crippen molar-refractivity contribution >= 4 is 40.9 Å². The zero-order chi connectivity index (χ0) is 23.6. The number of carbonyl (C=O) groups excluding carboxylic acids is 2. The number of nitrogens with two attached hydrogens (primary N) is 2. The molecular weight excluding hydrogens is 442 g/mol. The number of halogens is 1. The Hall–Kier alpha value is -3.91. The summed E-state index contributed by atoms with van der Waals surface area (Å²) in [6.07, 6.45) is 6.90. The Bertz CT molecular complexity index is 1260. The summed E-state index contributed by atoms with van der Waals surface area (Å²) in [6.45, 7) is 0. The molecule has 0 bridgehead atoms.